The van der Waals surface area contributed by atoms with E-state index in [1.54, 1.807) is 19.1 Å². The quantitative estimate of drug-likeness (QED) is 0.126. The van der Waals surface area contributed by atoms with Gasteiger partial charge in [-0.1, -0.05) is 0 Å². The number of non-ortho nitro benzene ring substituents is 1. The molecule has 1 rings (SSSR count). The van der Waals surface area contributed by atoms with Crippen molar-refractivity contribution in [2.24, 2.45) is 20.4 Å². The molecule has 0 amide bonds. The number of nitrogens with zero attached hydrogens (tertiary/aromatic N) is 7. The molecule has 12 heteroatoms. The van der Waals surface area contributed by atoms with Crippen LogP contribution in [0.25, 0.3) is 0 Å². The van der Waals surface area contributed by atoms with E-state index in [1.165, 1.54) is 12.1 Å². The van der Waals surface area contributed by atoms with Crippen LogP contribution in [0.3, 0.4) is 0 Å². The predicted octanol–water partition coefficient (Wildman–Crippen LogP) is 3.16. The SMILES string of the molecule is CCN(CC)/C([S-])=N/N=C(C)/C(=N/N=C(\[S-])N(CC)CC)c1ccc([N+](=O)[O-])cc1.[Cu+2]. The van der Waals surface area contributed by atoms with Gasteiger partial charge in [-0.25, -0.2) is 0 Å². The molecule has 0 spiro atoms. The van der Waals surface area contributed by atoms with Crippen LogP contribution in [0.15, 0.2) is 44.7 Å². The number of amidine groups is 2. The van der Waals surface area contributed by atoms with E-state index >= 15 is 0 Å². The second-order valence-corrected chi connectivity index (χ2v) is 6.78. The first-order valence-electron chi connectivity index (χ1n) is 9.65. The normalized spacial score (nSPS) is 12.9. The van der Waals surface area contributed by atoms with Gasteiger partial charge in [-0.05, 0) is 46.8 Å². The number of rotatable bonds is 9. The molecule has 1 aromatic carbocycles. The van der Waals surface area contributed by atoms with E-state index < -0.39 is 4.92 Å². The minimum absolute atomic E-state index is 0. The van der Waals surface area contributed by atoms with Crippen LogP contribution in [0.4, 0.5) is 5.69 Å². The van der Waals surface area contributed by atoms with Crippen LogP contribution in [0.2, 0.25) is 0 Å². The van der Waals surface area contributed by atoms with Gasteiger partial charge in [0.1, 0.15) is 5.71 Å². The maximum absolute atomic E-state index is 10.9. The van der Waals surface area contributed by atoms with Gasteiger partial charge in [0.05, 0.1) is 10.6 Å². The van der Waals surface area contributed by atoms with Crippen molar-refractivity contribution in [1.82, 2.24) is 9.80 Å². The fourth-order valence-corrected chi connectivity index (χ4v) is 3.05. The van der Waals surface area contributed by atoms with Crippen LogP contribution in [0.1, 0.15) is 40.2 Å². The van der Waals surface area contributed by atoms with Crippen molar-refractivity contribution in [3.63, 3.8) is 0 Å². The second-order valence-electron chi connectivity index (χ2n) is 6.05. The largest absolute Gasteiger partial charge is 2.00 e. The summed E-state index contributed by atoms with van der Waals surface area (Å²) >= 11 is 10.6. The minimum atomic E-state index is -0.459. The molecule has 0 aromatic heterocycles. The predicted molar refractivity (Wildman–Crippen MR) is 128 cm³/mol. The van der Waals surface area contributed by atoms with Crippen LogP contribution in [-0.4, -0.2) is 62.7 Å². The van der Waals surface area contributed by atoms with Gasteiger partial charge in [0.15, 0.2) is 0 Å². The first-order chi connectivity index (χ1) is 14.3. The Balaban J connectivity index is 0.00000900. The summed E-state index contributed by atoms with van der Waals surface area (Å²) in [7, 11) is 0. The third-order valence-electron chi connectivity index (χ3n) is 4.28. The van der Waals surface area contributed by atoms with Crippen molar-refractivity contribution in [2.45, 2.75) is 34.6 Å². The van der Waals surface area contributed by atoms with E-state index in [0.717, 1.165) is 13.1 Å². The Morgan fingerprint density at radius 1 is 0.871 bits per heavy atom. The van der Waals surface area contributed by atoms with E-state index in [-0.39, 0.29) is 22.8 Å². The molecule has 0 aliphatic carbocycles. The van der Waals surface area contributed by atoms with Gasteiger partial charge in [0, 0.05) is 54.2 Å². The maximum Gasteiger partial charge on any atom is 2.00 e. The van der Waals surface area contributed by atoms with Crippen LogP contribution < -0.4 is 0 Å². The van der Waals surface area contributed by atoms with Gasteiger partial charge in [0.25, 0.3) is 5.69 Å². The fourth-order valence-electron chi connectivity index (χ4n) is 2.45. The van der Waals surface area contributed by atoms with Crippen LogP contribution >= 0.6 is 0 Å². The third-order valence-corrected chi connectivity index (χ3v) is 4.96. The third kappa shape index (κ3) is 8.86. The molecule has 31 heavy (non-hydrogen) atoms. The first-order valence-corrected chi connectivity index (χ1v) is 10.5. The van der Waals surface area contributed by atoms with Crippen LogP contribution in [0.5, 0.6) is 0 Å². The summed E-state index contributed by atoms with van der Waals surface area (Å²) in [6.07, 6.45) is 0. The molecule has 1 radical (unpaired) electrons. The van der Waals surface area contributed by atoms with E-state index in [4.69, 9.17) is 25.3 Å². The Labute approximate surface area is 205 Å². The molecule has 1 aromatic rings. The van der Waals surface area contributed by atoms with Crippen molar-refractivity contribution in [3.05, 3.63) is 39.9 Å². The fraction of sp³-hybridized carbons (Fsp3) is 0.474. The molecule has 0 aliphatic rings. The number of nitro benzene ring substituents is 1. The smallest absolute Gasteiger partial charge is 0.741 e. The molecule has 0 unspecified atom stereocenters. The van der Waals surface area contributed by atoms with Gasteiger partial charge in [-0.3, -0.25) is 10.1 Å². The summed E-state index contributed by atoms with van der Waals surface area (Å²) in [6, 6.07) is 5.99. The zero-order valence-corrected chi connectivity index (χ0v) is 20.8. The topological polar surface area (TPSA) is 99.1 Å². The Kier molecular flexibility index (Phi) is 13.8. The minimum Gasteiger partial charge on any atom is -0.741 e. The number of hydrogen-bond acceptors (Lipinski definition) is 8. The Hall–Kier alpha value is -2.14. The zero-order chi connectivity index (χ0) is 22.7. The number of hydrogen-bond donors (Lipinski definition) is 0. The standard InChI is InChI=1S/C19H29N7O2S2.Cu/c1-6-24(7-2)18(29)22-20-14(5)17(21-23-19(30)25(8-3)9-4)15-10-12-16(13-11-15)26(27)28;/h10-13H,6-9H2,1-5H3,(H,22,29)(H,23,30);/q;+2/p-2/b20-14+,21-17-;. The molecular weight excluding hydrogens is 486 g/mol. The molecule has 9 nitrogen and oxygen atoms in total. The van der Waals surface area contributed by atoms with E-state index in [0.29, 0.717) is 40.4 Å². The van der Waals surface area contributed by atoms with Crippen LogP contribution in [0, 0.1) is 10.1 Å². The Morgan fingerprint density at radius 2 is 1.29 bits per heavy atom. The van der Waals surface area contributed by atoms with Crippen molar-refractivity contribution >= 4 is 52.7 Å². The molecule has 0 N–H and O–H groups in total. The summed E-state index contributed by atoms with van der Waals surface area (Å²) < 4.78 is 0. The van der Waals surface area contributed by atoms with Gasteiger partial charge >= 0.3 is 17.1 Å². The van der Waals surface area contributed by atoms with Gasteiger partial charge in [-0.2, -0.15) is 15.3 Å². The van der Waals surface area contributed by atoms with Gasteiger partial charge in [-0.15, -0.1) is 5.10 Å². The second kappa shape index (κ2) is 14.8. The number of nitro groups is 1. The van der Waals surface area contributed by atoms with Gasteiger partial charge in [0.2, 0.25) is 0 Å². The average molecular weight is 513 g/mol. The molecule has 0 atom stereocenters. The van der Waals surface area contributed by atoms with E-state index in [2.05, 4.69) is 20.4 Å². The van der Waals surface area contributed by atoms with Crippen molar-refractivity contribution < 1.29 is 22.0 Å². The van der Waals surface area contributed by atoms with Crippen LogP contribution in [-0.2, 0) is 42.3 Å². The Morgan fingerprint density at radius 3 is 1.68 bits per heavy atom. The van der Waals surface area contributed by atoms with E-state index in [1.807, 2.05) is 37.5 Å². The summed E-state index contributed by atoms with van der Waals surface area (Å²) in [4.78, 5) is 14.3. The summed E-state index contributed by atoms with van der Waals surface area (Å²) in [6.45, 7) is 12.5. The molecule has 0 aliphatic heterocycles. The maximum atomic E-state index is 10.9. The molecule has 0 heterocycles. The Bertz CT molecular complexity index is 834. The first kappa shape index (κ1) is 28.9. The molecule has 173 valence electrons. The monoisotopic (exact) mass is 512 g/mol. The molecular formula is C19H27CuN7O2S2. The van der Waals surface area contributed by atoms with Crippen molar-refractivity contribution in [3.8, 4) is 0 Å². The molecule has 0 saturated heterocycles. The molecule has 0 fully saturated rings. The summed E-state index contributed by atoms with van der Waals surface area (Å²) in [5.74, 6) is 0. The molecule has 0 bridgehead atoms. The zero-order valence-electron chi connectivity index (χ0n) is 18.2. The average Bonchev–Trinajstić information content (AvgIpc) is 2.74. The summed E-state index contributed by atoms with van der Waals surface area (Å²) in [5, 5.41) is 28.5. The van der Waals surface area contributed by atoms with Crippen molar-refractivity contribution in [1.29, 1.82) is 0 Å². The summed E-state index contributed by atoms with van der Waals surface area (Å²) in [5.41, 5.74) is 1.46. The van der Waals surface area contributed by atoms with Crippen molar-refractivity contribution in [2.75, 3.05) is 26.2 Å². The number of benzene rings is 1. The van der Waals surface area contributed by atoms with Gasteiger partial charge < -0.3 is 35.1 Å². The molecule has 0 saturated carbocycles. The van der Waals surface area contributed by atoms with E-state index in [9.17, 15) is 10.1 Å².